The normalized spacial score (nSPS) is 37.5. The van der Waals surface area contributed by atoms with Gasteiger partial charge in [0, 0.05) is 37.5 Å². The van der Waals surface area contributed by atoms with Crippen LogP contribution in [0.5, 0.6) is 0 Å². The van der Waals surface area contributed by atoms with Crippen molar-refractivity contribution in [1.82, 2.24) is 10.2 Å². The number of allylic oxidation sites excluding steroid dienone is 4. The maximum Gasteiger partial charge on any atom is 0.114 e. The third kappa shape index (κ3) is 1.70. The van der Waals surface area contributed by atoms with Gasteiger partial charge in [-0.15, -0.1) is 0 Å². The molecule has 1 saturated heterocycles. The Balaban J connectivity index is 1.74. The minimum Gasteiger partial charge on any atom is -0.497 e. The molecule has 4 atom stereocenters. The summed E-state index contributed by atoms with van der Waals surface area (Å²) in [6.45, 7) is 1.03. The first kappa shape index (κ1) is 12.0. The van der Waals surface area contributed by atoms with Crippen molar-refractivity contribution in [1.29, 1.82) is 0 Å². The smallest absolute Gasteiger partial charge is 0.114 e. The summed E-state index contributed by atoms with van der Waals surface area (Å²) < 4.78 is 5.42. The highest BCUT2D eigenvalue weighted by Gasteiger charge is 2.44. The van der Waals surface area contributed by atoms with Gasteiger partial charge in [-0.1, -0.05) is 18.2 Å². The van der Waals surface area contributed by atoms with Crippen LogP contribution in [-0.4, -0.2) is 37.7 Å². The molecule has 0 aromatic rings. The number of methoxy groups -OCH3 is 1. The highest BCUT2D eigenvalue weighted by atomic mass is 16.5. The Morgan fingerprint density at radius 3 is 2.90 bits per heavy atom. The standard InChI is InChI=1S/C17H20N2O/c1-19-8-7-11-3-5-16-17(14(11)10-19)13-9-12(20-2)4-6-15(13)18-16/h3-9,13,15-18H,10H2,1-2H3. The van der Waals surface area contributed by atoms with E-state index in [1.165, 1.54) is 5.57 Å². The summed E-state index contributed by atoms with van der Waals surface area (Å²) in [6, 6.07) is 0.873. The minimum atomic E-state index is 0.427. The Kier molecular flexibility index (Phi) is 2.64. The first-order chi connectivity index (χ1) is 9.76. The maximum absolute atomic E-state index is 5.42. The fourth-order valence-corrected chi connectivity index (χ4v) is 3.89. The minimum absolute atomic E-state index is 0.427. The van der Waals surface area contributed by atoms with Crippen molar-refractivity contribution in [2.24, 2.45) is 11.8 Å². The molecule has 4 unspecified atom stereocenters. The number of nitrogens with zero attached hydrogens (tertiary/aromatic N) is 1. The van der Waals surface area contributed by atoms with Crippen molar-refractivity contribution < 1.29 is 4.74 Å². The lowest BCUT2D eigenvalue weighted by molar-refractivity contribution is 0.295. The number of likely N-dealkylation sites (N-methyl/N-ethyl adjacent to an activating group) is 1. The van der Waals surface area contributed by atoms with E-state index in [0.29, 0.717) is 23.9 Å². The Hall–Kier alpha value is -1.74. The Labute approximate surface area is 120 Å². The van der Waals surface area contributed by atoms with Crippen molar-refractivity contribution >= 4 is 0 Å². The Bertz CT molecular complexity index is 582. The van der Waals surface area contributed by atoms with Crippen molar-refractivity contribution in [2.45, 2.75) is 12.1 Å². The molecule has 0 aromatic carbocycles. The maximum atomic E-state index is 5.42. The molecule has 1 fully saturated rings. The van der Waals surface area contributed by atoms with Gasteiger partial charge in [-0.2, -0.15) is 0 Å². The lowest BCUT2D eigenvalue weighted by Crippen LogP contribution is -2.34. The number of fused-ring (bicyclic) bond motifs is 4. The third-order valence-electron chi connectivity index (χ3n) is 4.85. The van der Waals surface area contributed by atoms with Crippen LogP contribution in [0.4, 0.5) is 0 Å². The fraction of sp³-hybridized carbons (Fsp3) is 0.412. The third-order valence-corrected chi connectivity index (χ3v) is 4.85. The number of nitrogens with one attached hydrogen (secondary N) is 1. The molecule has 0 amide bonds. The quantitative estimate of drug-likeness (QED) is 0.787. The second-order valence-corrected chi connectivity index (χ2v) is 6.02. The molecule has 2 heterocycles. The Morgan fingerprint density at radius 2 is 2.05 bits per heavy atom. The molecular formula is C17H20N2O. The lowest BCUT2D eigenvalue weighted by atomic mass is 9.75. The summed E-state index contributed by atoms with van der Waals surface area (Å²) in [5.41, 5.74) is 2.96. The van der Waals surface area contributed by atoms with E-state index in [2.05, 4.69) is 59.9 Å². The van der Waals surface area contributed by atoms with Crippen molar-refractivity contribution in [3.05, 3.63) is 59.6 Å². The highest BCUT2D eigenvalue weighted by molar-refractivity contribution is 5.47. The monoisotopic (exact) mass is 268 g/mol. The molecule has 2 aliphatic heterocycles. The highest BCUT2D eigenvalue weighted by Crippen LogP contribution is 2.42. The molecule has 4 rings (SSSR count). The first-order valence-corrected chi connectivity index (χ1v) is 7.26. The molecule has 3 nitrogen and oxygen atoms in total. The van der Waals surface area contributed by atoms with Crippen LogP contribution in [0.1, 0.15) is 0 Å². The van der Waals surface area contributed by atoms with Gasteiger partial charge in [0.25, 0.3) is 0 Å². The van der Waals surface area contributed by atoms with E-state index in [4.69, 9.17) is 4.74 Å². The summed E-state index contributed by atoms with van der Waals surface area (Å²) in [5.74, 6) is 2.03. The van der Waals surface area contributed by atoms with Gasteiger partial charge >= 0.3 is 0 Å². The van der Waals surface area contributed by atoms with E-state index in [1.807, 2.05) is 0 Å². The SMILES string of the molecule is COC1=CC2C(C=C1)NC1C=CC3=C(CN(C)C=C3)C12. The largest absolute Gasteiger partial charge is 0.497 e. The molecule has 3 heteroatoms. The van der Waals surface area contributed by atoms with Crippen LogP contribution in [0.25, 0.3) is 0 Å². The van der Waals surface area contributed by atoms with E-state index in [9.17, 15) is 0 Å². The van der Waals surface area contributed by atoms with Crippen LogP contribution in [-0.2, 0) is 4.74 Å². The van der Waals surface area contributed by atoms with Crippen LogP contribution in [0, 0.1) is 11.8 Å². The molecular weight excluding hydrogens is 248 g/mol. The van der Waals surface area contributed by atoms with E-state index >= 15 is 0 Å². The van der Waals surface area contributed by atoms with Crippen LogP contribution in [0.15, 0.2) is 59.6 Å². The first-order valence-electron chi connectivity index (χ1n) is 7.26. The molecule has 2 aliphatic carbocycles. The van der Waals surface area contributed by atoms with Gasteiger partial charge in [-0.05, 0) is 35.6 Å². The molecule has 0 saturated carbocycles. The Morgan fingerprint density at radius 1 is 1.20 bits per heavy atom. The van der Waals surface area contributed by atoms with Gasteiger partial charge in [0.05, 0.1) is 7.11 Å². The van der Waals surface area contributed by atoms with Gasteiger partial charge in [0.1, 0.15) is 5.76 Å². The van der Waals surface area contributed by atoms with Gasteiger partial charge in [0.15, 0.2) is 0 Å². The van der Waals surface area contributed by atoms with E-state index in [-0.39, 0.29) is 0 Å². The molecule has 1 N–H and O–H groups in total. The van der Waals surface area contributed by atoms with Crippen LogP contribution in [0.3, 0.4) is 0 Å². The molecule has 20 heavy (non-hydrogen) atoms. The average Bonchev–Trinajstić information content (AvgIpc) is 2.84. The van der Waals surface area contributed by atoms with E-state index in [0.717, 1.165) is 12.3 Å². The van der Waals surface area contributed by atoms with Crippen molar-refractivity contribution in [3.8, 4) is 0 Å². The zero-order valence-electron chi connectivity index (χ0n) is 11.9. The average molecular weight is 268 g/mol. The lowest BCUT2D eigenvalue weighted by Gasteiger charge is -2.34. The molecule has 0 spiro atoms. The van der Waals surface area contributed by atoms with Crippen LogP contribution >= 0.6 is 0 Å². The number of ether oxygens (including phenoxy) is 1. The van der Waals surface area contributed by atoms with Gasteiger partial charge in [0.2, 0.25) is 0 Å². The summed E-state index contributed by atoms with van der Waals surface area (Å²) in [6.07, 6.45) is 15.6. The number of hydrogen-bond acceptors (Lipinski definition) is 3. The second-order valence-electron chi connectivity index (χ2n) is 6.02. The zero-order valence-corrected chi connectivity index (χ0v) is 11.9. The van der Waals surface area contributed by atoms with Crippen molar-refractivity contribution in [2.75, 3.05) is 20.7 Å². The number of rotatable bonds is 1. The van der Waals surface area contributed by atoms with Crippen LogP contribution < -0.4 is 5.32 Å². The van der Waals surface area contributed by atoms with Crippen molar-refractivity contribution in [3.63, 3.8) is 0 Å². The molecule has 104 valence electrons. The van der Waals surface area contributed by atoms with Gasteiger partial charge < -0.3 is 15.0 Å². The predicted octanol–water partition coefficient (Wildman–Crippen LogP) is 1.98. The molecule has 4 aliphatic rings. The second kappa shape index (κ2) is 4.38. The zero-order chi connectivity index (χ0) is 13.7. The summed E-state index contributed by atoms with van der Waals surface area (Å²) in [5, 5.41) is 3.74. The summed E-state index contributed by atoms with van der Waals surface area (Å²) in [4.78, 5) is 2.27. The van der Waals surface area contributed by atoms with E-state index in [1.54, 1.807) is 12.7 Å². The fourth-order valence-electron chi connectivity index (χ4n) is 3.89. The van der Waals surface area contributed by atoms with Gasteiger partial charge in [-0.25, -0.2) is 0 Å². The topological polar surface area (TPSA) is 24.5 Å². The molecule has 0 radical (unpaired) electrons. The summed E-state index contributed by atoms with van der Waals surface area (Å²) in [7, 11) is 3.89. The predicted molar refractivity (Wildman–Crippen MR) is 79.9 cm³/mol. The summed E-state index contributed by atoms with van der Waals surface area (Å²) >= 11 is 0. The van der Waals surface area contributed by atoms with Gasteiger partial charge in [-0.3, -0.25) is 0 Å². The van der Waals surface area contributed by atoms with E-state index < -0.39 is 0 Å². The molecule has 0 bridgehead atoms. The number of hydrogen-bond donors (Lipinski definition) is 1. The van der Waals surface area contributed by atoms with Crippen LogP contribution in [0.2, 0.25) is 0 Å². The molecule has 0 aromatic heterocycles.